The minimum Gasteiger partial charge on any atom is -0.336 e. The van der Waals surface area contributed by atoms with Crippen LogP contribution in [-0.4, -0.2) is 54.4 Å². The molecule has 34 heavy (non-hydrogen) atoms. The Hall–Kier alpha value is -3.83. The molecule has 0 saturated carbocycles. The first kappa shape index (κ1) is 22.0. The van der Waals surface area contributed by atoms with Crippen molar-refractivity contribution in [1.82, 2.24) is 29.4 Å². The first-order chi connectivity index (χ1) is 16.2. The predicted octanol–water partition coefficient (Wildman–Crippen LogP) is 3.52. The van der Waals surface area contributed by atoms with E-state index in [2.05, 4.69) is 20.2 Å². The number of carbonyl (C=O) groups excluding carboxylic acids is 1. The number of aromatic nitrogens is 6. The van der Waals surface area contributed by atoms with Crippen LogP contribution in [0.15, 0.2) is 42.7 Å². The molecule has 0 amide bonds. The van der Waals surface area contributed by atoms with Gasteiger partial charge in [0.05, 0.1) is 18.4 Å². The zero-order chi connectivity index (χ0) is 24.0. The molecule has 5 heterocycles. The Morgan fingerprint density at radius 3 is 2.76 bits per heavy atom. The van der Waals surface area contributed by atoms with Gasteiger partial charge >= 0.3 is 6.18 Å². The highest BCUT2D eigenvalue weighted by molar-refractivity contribution is 6.01. The van der Waals surface area contributed by atoms with Crippen LogP contribution in [0.25, 0.3) is 16.9 Å². The summed E-state index contributed by atoms with van der Waals surface area (Å²) in [5.74, 6) is 0.0892. The molecule has 1 aliphatic rings. The molecule has 8 nitrogen and oxygen atoms in total. The molecule has 0 N–H and O–H groups in total. The standard InChI is InChI=1S/C22H19F4N7O/c1-31-20(15(11-27-31)16-3-2-4-18(28-16)22(24,25)26)17(34)9-13-5-8-33-19(10-13)29-21(30-33)32-7-6-14(23)12-32/h2-5,8,10-11,14H,6-7,9,12H2,1H3/t14-/m0/s1. The molecule has 0 aromatic carbocycles. The first-order valence-electron chi connectivity index (χ1n) is 10.5. The molecule has 1 saturated heterocycles. The summed E-state index contributed by atoms with van der Waals surface area (Å²) in [4.78, 5) is 23.0. The number of hydrogen-bond acceptors (Lipinski definition) is 6. The van der Waals surface area contributed by atoms with Gasteiger partial charge < -0.3 is 4.90 Å². The summed E-state index contributed by atoms with van der Waals surface area (Å²) < 4.78 is 55.7. The maximum Gasteiger partial charge on any atom is 0.433 e. The number of alkyl halides is 4. The van der Waals surface area contributed by atoms with Gasteiger partial charge in [-0.05, 0) is 36.2 Å². The minimum absolute atomic E-state index is 0.0145. The van der Waals surface area contributed by atoms with Crippen molar-refractivity contribution in [2.24, 2.45) is 7.05 Å². The molecule has 0 aliphatic carbocycles. The third kappa shape index (κ3) is 4.11. The molecule has 4 aromatic rings. The Morgan fingerprint density at radius 2 is 2.03 bits per heavy atom. The second-order valence-electron chi connectivity index (χ2n) is 8.12. The van der Waals surface area contributed by atoms with Gasteiger partial charge in [0.25, 0.3) is 0 Å². The van der Waals surface area contributed by atoms with Crippen molar-refractivity contribution in [3.8, 4) is 11.3 Å². The molecule has 4 aromatic heterocycles. The number of rotatable bonds is 5. The van der Waals surface area contributed by atoms with Gasteiger partial charge in [0.1, 0.15) is 17.6 Å². The highest BCUT2D eigenvalue weighted by atomic mass is 19.4. The van der Waals surface area contributed by atoms with E-state index in [4.69, 9.17) is 0 Å². The van der Waals surface area contributed by atoms with Gasteiger partial charge in [-0.2, -0.15) is 23.3 Å². The van der Waals surface area contributed by atoms with Crippen molar-refractivity contribution in [2.45, 2.75) is 25.2 Å². The summed E-state index contributed by atoms with van der Waals surface area (Å²) in [6.45, 7) is 0.783. The van der Waals surface area contributed by atoms with E-state index < -0.39 is 18.0 Å². The van der Waals surface area contributed by atoms with Crippen molar-refractivity contribution < 1.29 is 22.4 Å². The van der Waals surface area contributed by atoms with Gasteiger partial charge in [0, 0.05) is 31.8 Å². The van der Waals surface area contributed by atoms with E-state index in [1.54, 1.807) is 34.8 Å². The molecule has 176 valence electrons. The monoisotopic (exact) mass is 473 g/mol. The number of fused-ring (bicyclic) bond motifs is 1. The zero-order valence-corrected chi connectivity index (χ0v) is 18.0. The van der Waals surface area contributed by atoms with Crippen LogP contribution in [0.1, 0.15) is 28.2 Å². The Balaban J connectivity index is 1.41. The SMILES string of the molecule is Cn1ncc(-c2cccc(C(F)(F)F)n2)c1C(=O)Cc1ccn2nc(N3CC[C@H](F)C3)nc2c1. The van der Waals surface area contributed by atoms with Gasteiger partial charge in [0.2, 0.25) is 5.95 Å². The topological polar surface area (TPSA) is 81.2 Å². The quantitative estimate of drug-likeness (QED) is 0.326. The normalized spacial score (nSPS) is 16.5. The third-order valence-electron chi connectivity index (χ3n) is 5.69. The lowest BCUT2D eigenvalue weighted by Crippen LogP contribution is -2.21. The number of anilines is 1. The molecular formula is C22H19F4N7O. The molecule has 5 rings (SSSR count). The molecule has 0 radical (unpaired) electrons. The number of nitrogens with zero attached hydrogens (tertiary/aromatic N) is 7. The summed E-state index contributed by atoms with van der Waals surface area (Å²) in [5.41, 5.74) is 0.495. The van der Waals surface area contributed by atoms with E-state index in [0.29, 0.717) is 30.1 Å². The van der Waals surface area contributed by atoms with E-state index >= 15 is 0 Å². The fourth-order valence-corrected chi connectivity index (χ4v) is 4.02. The van der Waals surface area contributed by atoms with Crippen molar-refractivity contribution >= 4 is 17.4 Å². The Bertz CT molecular complexity index is 1380. The first-order valence-corrected chi connectivity index (χ1v) is 10.5. The predicted molar refractivity (Wildman–Crippen MR) is 114 cm³/mol. The fourth-order valence-electron chi connectivity index (χ4n) is 4.02. The summed E-state index contributed by atoms with van der Waals surface area (Å²) in [6.07, 6.45) is -2.11. The molecule has 0 unspecified atom stereocenters. The Morgan fingerprint density at radius 1 is 1.21 bits per heavy atom. The average Bonchev–Trinajstić information content (AvgIpc) is 3.50. The lowest BCUT2D eigenvalue weighted by molar-refractivity contribution is -0.141. The van der Waals surface area contributed by atoms with Crippen LogP contribution >= 0.6 is 0 Å². The number of carbonyl (C=O) groups is 1. The maximum atomic E-state index is 13.5. The number of pyridine rings is 2. The molecule has 0 bridgehead atoms. The molecule has 1 aliphatic heterocycles. The van der Waals surface area contributed by atoms with Crippen LogP contribution in [0, 0.1) is 0 Å². The number of hydrogen-bond donors (Lipinski definition) is 0. The number of ketones is 1. The number of halogens is 4. The molecule has 1 fully saturated rings. The third-order valence-corrected chi connectivity index (χ3v) is 5.69. The van der Waals surface area contributed by atoms with Crippen molar-refractivity contribution in [3.05, 3.63) is 59.7 Å². The number of Topliss-reactive ketones (excluding diaryl/α,β-unsaturated/α-hetero) is 1. The van der Waals surface area contributed by atoms with Gasteiger partial charge in [-0.3, -0.25) is 9.48 Å². The molecule has 12 heteroatoms. The summed E-state index contributed by atoms with van der Waals surface area (Å²) in [5, 5.41) is 8.42. The lowest BCUT2D eigenvalue weighted by Gasteiger charge is -2.10. The van der Waals surface area contributed by atoms with Crippen LogP contribution in [0.3, 0.4) is 0 Å². The van der Waals surface area contributed by atoms with Crippen LogP contribution in [0.5, 0.6) is 0 Å². The highest BCUT2D eigenvalue weighted by Crippen LogP contribution is 2.30. The van der Waals surface area contributed by atoms with Gasteiger partial charge in [0.15, 0.2) is 11.4 Å². The van der Waals surface area contributed by atoms with Crippen LogP contribution in [0.2, 0.25) is 0 Å². The Kier molecular flexibility index (Phi) is 5.29. The number of aryl methyl sites for hydroxylation is 1. The van der Waals surface area contributed by atoms with E-state index in [-0.39, 0.29) is 35.7 Å². The smallest absolute Gasteiger partial charge is 0.336 e. The summed E-state index contributed by atoms with van der Waals surface area (Å²) in [7, 11) is 1.55. The minimum atomic E-state index is -4.60. The molecule has 0 spiro atoms. The van der Waals surface area contributed by atoms with Crippen LogP contribution in [0.4, 0.5) is 23.5 Å². The van der Waals surface area contributed by atoms with Gasteiger partial charge in [-0.25, -0.2) is 13.9 Å². The summed E-state index contributed by atoms with van der Waals surface area (Å²) >= 11 is 0. The summed E-state index contributed by atoms with van der Waals surface area (Å²) in [6, 6.07) is 6.95. The molecule has 1 atom stereocenters. The lowest BCUT2D eigenvalue weighted by atomic mass is 10.0. The highest BCUT2D eigenvalue weighted by Gasteiger charge is 2.33. The van der Waals surface area contributed by atoms with E-state index in [0.717, 1.165) is 6.07 Å². The average molecular weight is 473 g/mol. The second-order valence-corrected chi connectivity index (χ2v) is 8.12. The van der Waals surface area contributed by atoms with Crippen LogP contribution < -0.4 is 4.90 Å². The van der Waals surface area contributed by atoms with Crippen molar-refractivity contribution in [1.29, 1.82) is 0 Å². The van der Waals surface area contributed by atoms with Gasteiger partial charge in [-0.15, -0.1) is 5.10 Å². The Labute approximate surface area is 190 Å². The maximum absolute atomic E-state index is 13.5. The fraction of sp³-hybridized carbons (Fsp3) is 0.318. The largest absolute Gasteiger partial charge is 0.433 e. The van der Waals surface area contributed by atoms with E-state index in [1.807, 2.05) is 0 Å². The van der Waals surface area contributed by atoms with Crippen molar-refractivity contribution in [2.75, 3.05) is 18.0 Å². The van der Waals surface area contributed by atoms with E-state index in [9.17, 15) is 22.4 Å². The zero-order valence-electron chi connectivity index (χ0n) is 18.0. The van der Waals surface area contributed by atoms with Crippen LogP contribution in [-0.2, 0) is 19.6 Å². The van der Waals surface area contributed by atoms with Crippen molar-refractivity contribution in [3.63, 3.8) is 0 Å². The second kappa shape index (κ2) is 8.19. The van der Waals surface area contributed by atoms with E-state index in [1.165, 1.54) is 23.0 Å². The van der Waals surface area contributed by atoms with Gasteiger partial charge in [-0.1, -0.05) is 6.07 Å². The molecular weight excluding hydrogens is 454 g/mol.